The van der Waals surface area contributed by atoms with Crippen molar-refractivity contribution in [3.05, 3.63) is 59.3 Å². The number of likely N-dealkylation sites (tertiary alicyclic amines) is 1. The fourth-order valence-electron chi connectivity index (χ4n) is 8.01. The maximum absolute atomic E-state index is 14.3. The van der Waals surface area contributed by atoms with Gasteiger partial charge in [0, 0.05) is 74.9 Å². The van der Waals surface area contributed by atoms with Crippen molar-refractivity contribution in [2.75, 3.05) is 64.2 Å². The Morgan fingerprint density at radius 2 is 1.67 bits per heavy atom. The Hall–Kier alpha value is -4.16. The maximum Gasteiger partial charge on any atom is 0.410 e. The highest BCUT2D eigenvalue weighted by Gasteiger charge is 2.39. The first-order chi connectivity index (χ1) is 23.4. The predicted octanol–water partition coefficient (Wildman–Crippen LogP) is 3.93. The molecule has 5 heterocycles. The number of aryl methyl sites for hydroxylation is 1. The highest BCUT2D eigenvalue weighted by molar-refractivity contribution is 5.91. The molecule has 3 aromatic rings. The first-order valence-corrected chi connectivity index (χ1v) is 17.6. The molecule has 256 valence electrons. The van der Waals surface area contributed by atoms with Gasteiger partial charge in [0.05, 0.1) is 11.7 Å². The van der Waals surface area contributed by atoms with Crippen LogP contribution in [0.5, 0.6) is 0 Å². The zero-order valence-corrected chi connectivity index (χ0v) is 28.1. The number of amides is 4. The second kappa shape index (κ2) is 14.1. The fraction of sp³-hybridized carbons (Fsp3) is 0.556. The van der Waals surface area contributed by atoms with Crippen LogP contribution < -0.4 is 10.6 Å². The van der Waals surface area contributed by atoms with Crippen molar-refractivity contribution in [2.45, 2.75) is 70.1 Å². The van der Waals surface area contributed by atoms with Gasteiger partial charge in [-0.05, 0) is 80.9 Å². The third-order valence-corrected chi connectivity index (χ3v) is 11.0. The smallest absolute Gasteiger partial charge is 0.410 e. The van der Waals surface area contributed by atoms with Crippen LogP contribution in [0.4, 0.5) is 15.3 Å². The minimum Gasteiger partial charge on any atom is -0.435 e. The number of aromatic nitrogens is 2. The van der Waals surface area contributed by atoms with Gasteiger partial charge in [-0.1, -0.05) is 31.2 Å². The number of benzene rings is 2. The van der Waals surface area contributed by atoms with Crippen molar-refractivity contribution >= 4 is 34.6 Å². The summed E-state index contributed by atoms with van der Waals surface area (Å²) in [6.07, 6.45) is 4.72. The summed E-state index contributed by atoms with van der Waals surface area (Å²) in [5, 5.41) is 14.7. The zero-order chi connectivity index (χ0) is 33.2. The van der Waals surface area contributed by atoms with Crippen molar-refractivity contribution in [3.8, 4) is 0 Å². The molecule has 2 unspecified atom stereocenters. The van der Waals surface area contributed by atoms with E-state index in [2.05, 4.69) is 37.9 Å². The number of para-hydroxylation sites is 1. The third kappa shape index (κ3) is 6.73. The van der Waals surface area contributed by atoms with Gasteiger partial charge in [-0.25, -0.2) is 9.59 Å². The Morgan fingerprint density at radius 1 is 0.917 bits per heavy atom. The van der Waals surface area contributed by atoms with Gasteiger partial charge in [-0.3, -0.25) is 14.8 Å². The first-order valence-electron chi connectivity index (χ1n) is 17.6. The molecule has 3 fully saturated rings. The lowest BCUT2D eigenvalue weighted by Gasteiger charge is -2.42. The minimum absolute atomic E-state index is 0.0284. The Kier molecular flexibility index (Phi) is 9.54. The Balaban J connectivity index is 1.02. The number of hydrogen-bond acceptors (Lipinski definition) is 7. The lowest BCUT2D eigenvalue weighted by molar-refractivity contribution is -0.144. The molecule has 0 aliphatic carbocycles. The second-order valence-electron chi connectivity index (χ2n) is 13.9. The highest BCUT2D eigenvalue weighted by atomic mass is 16.6. The number of fused-ring (bicyclic) bond motifs is 2. The average molecular weight is 657 g/mol. The summed E-state index contributed by atoms with van der Waals surface area (Å²) in [5.41, 5.74) is 4.93. The van der Waals surface area contributed by atoms with E-state index in [0.29, 0.717) is 51.6 Å². The molecule has 12 nitrogen and oxygen atoms in total. The molecule has 1 aromatic heterocycles. The van der Waals surface area contributed by atoms with Gasteiger partial charge in [0.1, 0.15) is 0 Å². The molecule has 4 amide bonds. The number of rotatable bonds is 6. The number of nitrogens with one attached hydrogen (secondary N) is 3. The van der Waals surface area contributed by atoms with Crippen LogP contribution in [0.25, 0.3) is 10.9 Å². The summed E-state index contributed by atoms with van der Waals surface area (Å²) >= 11 is 0. The van der Waals surface area contributed by atoms with Gasteiger partial charge in [0.15, 0.2) is 6.10 Å². The van der Waals surface area contributed by atoms with Gasteiger partial charge in [-0.2, -0.15) is 5.10 Å². The molecular weight excluding hydrogens is 608 g/mol. The van der Waals surface area contributed by atoms with Gasteiger partial charge in [-0.15, -0.1) is 0 Å². The summed E-state index contributed by atoms with van der Waals surface area (Å²) in [4.78, 5) is 49.2. The number of hydrogen-bond donors (Lipinski definition) is 3. The standard InChI is InChI=1S/C36H48N8O4/c1-24-21-27(22-28-23-38-40-32(24)28)25(2)33(34(45)42-19-17-41(18-20-42)29-7-12-37-13-8-29)48-36(47)43-14-10-30(11-15-43)44-16-9-26-5-3-4-6-31(26)39-35(44)46/h3-6,21-23,25,29-30,33,37H,7-20H2,1-2H3,(H,38,40)(H,39,46). The summed E-state index contributed by atoms with van der Waals surface area (Å²) in [7, 11) is 0. The number of carbonyl (C=O) groups is 3. The van der Waals surface area contributed by atoms with Crippen molar-refractivity contribution in [2.24, 2.45) is 0 Å². The van der Waals surface area contributed by atoms with Crippen LogP contribution in [0.15, 0.2) is 42.6 Å². The second-order valence-corrected chi connectivity index (χ2v) is 13.9. The van der Waals surface area contributed by atoms with Crippen molar-refractivity contribution in [3.63, 3.8) is 0 Å². The number of anilines is 1. The molecule has 2 atom stereocenters. The molecule has 0 bridgehead atoms. The SMILES string of the molecule is Cc1cc(C(C)C(OC(=O)N2CCC(N3CCc4ccccc4NC3=O)CC2)C(=O)N2CCN(C3CCNCC3)CC2)cc2cn[nH]c12. The Bertz CT molecular complexity index is 1620. The molecule has 0 saturated carbocycles. The molecule has 0 radical (unpaired) electrons. The van der Waals surface area contributed by atoms with Crippen molar-refractivity contribution in [1.82, 2.24) is 35.1 Å². The molecule has 0 spiro atoms. The minimum atomic E-state index is -0.959. The molecule has 2 aromatic carbocycles. The van der Waals surface area contributed by atoms with E-state index in [0.717, 1.165) is 78.7 Å². The summed E-state index contributed by atoms with van der Waals surface area (Å²) in [6.45, 7) is 10.5. The summed E-state index contributed by atoms with van der Waals surface area (Å²) in [6, 6.07) is 12.5. The van der Waals surface area contributed by atoms with E-state index in [1.807, 2.05) is 47.9 Å². The van der Waals surface area contributed by atoms with Crippen LogP contribution in [-0.4, -0.2) is 125 Å². The molecule has 4 aliphatic rings. The van der Waals surface area contributed by atoms with E-state index in [1.54, 1.807) is 11.1 Å². The van der Waals surface area contributed by atoms with Crippen LogP contribution in [-0.2, 0) is 16.0 Å². The van der Waals surface area contributed by atoms with E-state index in [1.165, 1.54) is 0 Å². The van der Waals surface area contributed by atoms with Crippen LogP contribution >= 0.6 is 0 Å². The fourth-order valence-corrected chi connectivity index (χ4v) is 8.01. The first kappa shape index (κ1) is 32.4. The predicted molar refractivity (Wildman–Crippen MR) is 184 cm³/mol. The number of piperidine rings is 2. The van der Waals surface area contributed by atoms with Crippen LogP contribution in [0, 0.1) is 6.92 Å². The summed E-state index contributed by atoms with van der Waals surface area (Å²) in [5.74, 6) is -0.497. The number of piperazine rings is 1. The molecule has 7 rings (SSSR count). The van der Waals surface area contributed by atoms with Crippen molar-refractivity contribution < 1.29 is 19.1 Å². The molecule has 3 saturated heterocycles. The quantitative estimate of drug-likeness (QED) is 0.367. The van der Waals surface area contributed by atoms with Gasteiger partial charge in [0.25, 0.3) is 5.91 Å². The maximum atomic E-state index is 14.3. The highest BCUT2D eigenvalue weighted by Crippen LogP contribution is 2.30. The Labute approximate surface area is 282 Å². The van der Waals surface area contributed by atoms with Crippen LogP contribution in [0.2, 0.25) is 0 Å². The third-order valence-electron chi connectivity index (χ3n) is 11.0. The molecule has 4 aliphatic heterocycles. The molecule has 3 N–H and O–H groups in total. The van der Waals surface area contributed by atoms with Crippen LogP contribution in [0.1, 0.15) is 55.2 Å². The number of H-pyrrole nitrogens is 1. The number of aromatic amines is 1. The van der Waals surface area contributed by atoms with E-state index in [9.17, 15) is 14.4 Å². The molecular formula is C36H48N8O4. The number of ether oxygens (including phenoxy) is 1. The zero-order valence-electron chi connectivity index (χ0n) is 28.1. The number of carbonyl (C=O) groups excluding carboxylic acids is 3. The largest absolute Gasteiger partial charge is 0.435 e. The molecule has 48 heavy (non-hydrogen) atoms. The summed E-state index contributed by atoms with van der Waals surface area (Å²) < 4.78 is 6.22. The Morgan fingerprint density at radius 3 is 2.44 bits per heavy atom. The number of nitrogens with zero attached hydrogens (tertiary/aromatic N) is 5. The van der Waals surface area contributed by atoms with E-state index in [-0.39, 0.29) is 23.9 Å². The lowest BCUT2D eigenvalue weighted by Crippen LogP contribution is -2.56. The molecule has 12 heteroatoms. The van der Waals surface area contributed by atoms with Gasteiger partial charge >= 0.3 is 12.1 Å². The average Bonchev–Trinajstić information content (AvgIpc) is 3.54. The van der Waals surface area contributed by atoms with E-state index < -0.39 is 12.2 Å². The van der Waals surface area contributed by atoms with E-state index >= 15 is 0 Å². The van der Waals surface area contributed by atoms with E-state index in [4.69, 9.17) is 4.74 Å². The number of urea groups is 1. The topological polar surface area (TPSA) is 126 Å². The van der Waals surface area contributed by atoms with Crippen LogP contribution in [0.3, 0.4) is 0 Å². The monoisotopic (exact) mass is 656 g/mol. The van der Waals surface area contributed by atoms with Gasteiger partial charge in [0.2, 0.25) is 0 Å². The van der Waals surface area contributed by atoms with Gasteiger partial charge < -0.3 is 30.1 Å². The van der Waals surface area contributed by atoms with Crippen molar-refractivity contribution in [1.29, 1.82) is 0 Å². The lowest BCUT2D eigenvalue weighted by atomic mass is 9.91. The normalized spacial score (nSPS) is 21.4.